The van der Waals surface area contributed by atoms with Crippen molar-refractivity contribution in [1.29, 1.82) is 0 Å². The number of hydrogen-bond donors (Lipinski definition) is 1. The quantitative estimate of drug-likeness (QED) is 0.246. The van der Waals surface area contributed by atoms with Crippen LogP contribution in [0.25, 0.3) is 0 Å². The van der Waals surface area contributed by atoms with Gasteiger partial charge >= 0.3 is 67.1 Å². The van der Waals surface area contributed by atoms with E-state index >= 15 is 0 Å². The molecule has 0 heterocycles. The van der Waals surface area contributed by atoms with Gasteiger partial charge in [0.15, 0.2) is 5.59 Å². The van der Waals surface area contributed by atoms with E-state index in [4.69, 9.17) is 5.11 Å². The summed E-state index contributed by atoms with van der Waals surface area (Å²) in [6.07, 6.45) is 0.395. The third kappa shape index (κ3) is 9.73. The predicted molar refractivity (Wildman–Crippen MR) is 32.5 cm³/mol. The van der Waals surface area contributed by atoms with Crippen LogP contribution in [0, 0.1) is 0 Å². The second-order valence-corrected chi connectivity index (χ2v) is 5.45. The van der Waals surface area contributed by atoms with Gasteiger partial charge in [0, 0.05) is 0 Å². The Hall–Kier alpha value is 2.06. The van der Waals surface area contributed by atoms with Crippen LogP contribution in [0.2, 0.25) is 0 Å². The maximum Gasteiger partial charge on any atom is 1.00 e. The molecule has 0 rings (SSSR count). The molecule has 0 aliphatic carbocycles. The van der Waals surface area contributed by atoms with Crippen molar-refractivity contribution in [2.75, 3.05) is 0 Å². The molecule has 7 nitrogen and oxygen atoms in total. The van der Waals surface area contributed by atoms with Gasteiger partial charge in [-0.25, -0.2) is 0 Å². The van der Waals surface area contributed by atoms with E-state index in [0.29, 0.717) is 6.26 Å². The zero-order valence-corrected chi connectivity index (χ0v) is 12.8. The van der Waals surface area contributed by atoms with Crippen LogP contribution in [0.1, 0.15) is 0 Å². The standard InChI is InChI=1S/C3H8O7P2.3Ag/c1-2-10-12(8,9)3(4)11(5,6)7;;;/h2-4H,1H2,(H,8,9)(H2,5,6,7);;;/q;3*+1/p-3. The summed E-state index contributed by atoms with van der Waals surface area (Å²) in [5.41, 5.74) is -3.07. The molecule has 0 amide bonds. The summed E-state index contributed by atoms with van der Waals surface area (Å²) >= 11 is 0. The summed E-state index contributed by atoms with van der Waals surface area (Å²) in [4.78, 5) is 30.5. The molecule has 0 fully saturated rings. The topological polar surface area (TPSA) is 133 Å². The summed E-state index contributed by atoms with van der Waals surface area (Å²) in [6, 6.07) is 0. The van der Waals surface area contributed by atoms with E-state index in [9.17, 15) is 23.8 Å². The third-order valence-electron chi connectivity index (χ3n) is 0.787. The predicted octanol–water partition coefficient (Wildman–Crippen LogP) is -2.12. The van der Waals surface area contributed by atoms with Crippen LogP contribution in [0.15, 0.2) is 12.8 Å². The van der Waals surface area contributed by atoms with Gasteiger partial charge in [-0.1, -0.05) is 6.58 Å². The molecule has 102 valence electrons. The summed E-state index contributed by atoms with van der Waals surface area (Å²) in [7, 11) is -10.7. The molecule has 0 saturated carbocycles. The monoisotopic (exact) mass is 536 g/mol. The molecule has 2 unspecified atom stereocenters. The van der Waals surface area contributed by atoms with Crippen molar-refractivity contribution >= 4 is 15.2 Å². The normalized spacial score (nSPS) is 15.5. The minimum absolute atomic E-state index is 0. The first kappa shape index (κ1) is 25.8. The Bertz CT molecular complexity index is 264. The summed E-state index contributed by atoms with van der Waals surface area (Å²) in [5, 5.41) is 8.41. The van der Waals surface area contributed by atoms with Gasteiger partial charge in [0.25, 0.3) is 0 Å². The SMILES string of the molecule is C=COP(=O)([O-])C(O)P(=O)([O-])[O-].[Ag+].[Ag+].[Ag+]. The first-order chi connectivity index (χ1) is 5.22. The van der Waals surface area contributed by atoms with Gasteiger partial charge in [0.1, 0.15) is 0 Å². The molecule has 15 heavy (non-hydrogen) atoms. The van der Waals surface area contributed by atoms with Crippen molar-refractivity contribution in [2.45, 2.75) is 5.59 Å². The van der Waals surface area contributed by atoms with E-state index in [2.05, 4.69) is 11.1 Å². The molecular formula is C3H5Ag3O7P2. The Morgan fingerprint density at radius 3 is 1.73 bits per heavy atom. The summed E-state index contributed by atoms with van der Waals surface area (Å²) in [6.45, 7) is 2.81. The van der Waals surface area contributed by atoms with Gasteiger partial charge in [0.2, 0.25) is 7.60 Å². The van der Waals surface area contributed by atoms with E-state index in [1.165, 1.54) is 0 Å². The van der Waals surface area contributed by atoms with E-state index in [0.717, 1.165) is 0 Å². The minimum Gasteiger partial charge on any atom is -0.809 e. The minimum atomic E-state index is -5.60. The number of hydrogen-bond acceptors (Lipinski definition) is 7. The van der Waals surface area contributed by atoms with E-state index in [1.807, 2.05) is 0 Å². The molecular weight excluding hydrogens is 534 g/mol. The van der Waals surface area contributed by atoms with Crippen molar-refractivity contribution in [2.24, 2.45) is 0 Å². The average molecular weight is 539 g/mol. The van der Waals surface area contributed by atoms with Gasteiger partial charge in [-0.15, -0.1) is 0 Å². The molecule has 0 radical (unpaired) electrons. The summed E-state index contributed by atoms with van der Waals surface area (Å²) < 4.78 is 24.1. The Labute approximate surface area is 133 Å². The molecule has 12 heteroatoms. The second-order valence-electron chi connectivity index (χ2n) is 1.70. The van der Waals surface area contributed by atoms with Crippen LogP contribution in [-0.4, -0.2) is 10.7 Å². The van der Waals surface area contributed by atoms with Gasteiger partial charge < -0.3 is 28.9 Å². The van der Waals surface area contributed by atoms with Gasteiger partial charge in [0.05, 0.1) is 6.26 Å². The van der Waals surface area contributed by atoms with E-state index < -0.39 is 20.8 Å². The Balaban J connectivity index is -0.000000202. The largest absolute Gasteiger partial charge is 1.00 e. The van der Waals surface area contributed by atoms with Crippen LogP contribution in [0.4, 0.5) is 0 Å². The van der Waals surface area contributed by atoms with Gasteiger partial charge in [-0.2, -0.15) is 0 Å². The van der Waals surface area contributed by atoms with Crippen LogP contribution in [0.3, 0.4) is 0 Å². The zero-order chi connectivity index (χ0) is 9.99. The average Bonchev–Trinajstić information content (AvgIpc) is 1.84. The first-order valence-corrected chi connectivity index (χ1v) is 5.74. The maximum atomic E-state index is 10.5. The number of rotatable bonds is 4. The molecule has 0 aromatic heterocycles. The van der Waals surface area contributed by atoms with Crippen LogP contribution in [0.5, 0.6) is 0 Å². The molecule has 0 bridgehead atoms. The molecule has 0 spiro atoms. The fourth-order valence-electron chi connectivity index (χ4n) is 0.332. The fourth-order valence-corrected chi connectivity index (χ4v) is 2.20. The van der Waals surface area contributed by atoms with Gasteiger partial charge in [-0.3, -0.25) is 4.57 Å². The second kappa shape index (κ2) is 10.0. The Kier molecular flexibility index (Phi) is 17.2. The molecule has 0 aromatic carbocycles. The van der Waals surface area contributed by atoms with Gasteiger partial charge in [-0.05, 0) is 7.60 Å². The summed E-state index contributed by atoms with van der Waals surface area (Å²) in [5.74, 6) is 0. The van der Waals surface area contributed by atoms with Crippen molar-refractivity contribution in [3.05, 3.63) is 12.8 Å². The molecule has 0 aliphatic rings. The van der Waals surface area contributed by atoms with Crippen molar-refractivity contribution in [3.63, 3.8) is 0 Å². The van der Waals surface area contributed by atoms with Crippen LogP contribution < -0.4 is 14.7 Å². The molecule has 0 saturated heterocycles. The third-order valence-corrected chi connectivity index (χ3v) is 4.06. The first-order valence-electron chi connectivity index (χ1n) is 2.51. The molecule has 0 aromatic rings. The molecule has 0 aliphatic heterocycles. The van der Waals surface area contributed by atoms with Crippen LogP contribution >= 0.6 is 15.2 Å². The molecule has 1 N–H and O–H groups in total. The van der Waals surface area contributed by atoms with Crippen molar-refractivity contribution in [1.82, 2.24) is 0 Å². The maximum absolute atomic E-state index is 10.5. The number of aliphatic hydroxyl groups excluding tert-OH is 1. The number of aliphatic hydroxyl groups is 1. The van der Waals surface area contributed by atoms with E-state index in [1.54, 1.807) is 0 Å². The Morgan fingerprint density at radius 2 is 1.53 bits per heavy atom. The van der Waals surface area contributed by atoms with Crippen molar-refractivity contribution < 1.29 is 101 Å². The van der Waals surface area contributed by atoms with Crippen LogP contribution in [-0.2, 0) is 80.8 Å². The molecule has 2 atom stereocenters. The smallest absolute Gasteiger partial charge is 0.809 e. The fraction of sp³-hybridized carbons (Fsp3) is 0.333. The van der Waals surface area contributed by atoms with Crippen molar-refractivity contribution in [3.8, 4) is 0 Å². The zero-order valence-electron chi connectivity index (χ0n) is 6.56. The van der Waals surface area contributed by atoms with E-state index in [-0.39, 0.29) is 67.1 Å². The Morgan fingerprint density at radius 1 is 1.20 bits per heavy atom.